The predicted molar refractivity (Wildman–Crippen MR) is 129 cm³/mol. The zero-order valence-corrected chi connectivity index (χ0v) is 18.7. The number of aliphatic imine (C=N–C) groups is 1. The van der Waals surface area contributed by atoms with Crippen molar-refractivity contribution < 1.29 is 14.0 Å². The van der Waals surface area contributed by atoms with Crippen LogP contribution in [0.15, 0.2) is 95.3 Å². The molecule has 1 amide bonds. The van der Waals surface area contributed by atoms with E-state index in [4.69, 9.17) is 4.99 Å². The molecule has 6 heteroatoms. The standard InChI is InChI=1S/C28H24FN3O2/c1-17-25(28(34)32-21-11-7-10-20(29)16-21)27(22-12-5-6-13-30-22)26-23(31-17)14-19(15-24(26)33)18-8-3-2-4-9-18/h2-13,16,19,26-27H,14-15H2,1H3,(H,32,34)/t19-,26-,27-/m1/s1. The smallest absolute Gasteiger partial charge is 0.254 e. The fourth-order valence-electron chi connectivity index (χ4n) is 5.08. The average molecular weight is 454 g/mol. The van der Waals surface area contributed by atoms with Gasteiger partial charge in [-0.25, -0.2) is 4.39 Å². The van der Waals surface area contributed by atoms with Gasteiger partial charge in [0.1, 0.15) is 11.6 Å². The van der Waals surface area contributed by atoms with E-state index in [1.54, 1.807) is 25.3 Å². The number of ketones is 1. The Morgan fingerprint density at radius 2 is 1.76 bits per heavy atom. The predicted octanol–water partition coefficient (Wildman–Crippen LogP) is 5.43. The largest absolute Gasteiger partial charge is 0.322 e. The maximum Gasteiger partial charge on any atom is 0.254 e. The summed E-state index contributed by atoms with van der Waals surface area (Å²) < 4.78 is 13.7. The van der Waals surface area contributed by atoms with Crippen molar-refractivity contribution in [2.45, 2.75) is 31.6 Å². The van der Waals surface area contributed by atoms with Crippen LogP contribution in [0.5, 0.6) is 0 Å². The Morgan fingerprint density at radius 3 is 2.50 bits per heavy atom. The Morgan fingerprint density at radius 1 is 0.971 bits per heavy atom. The van der Waals surface area contributed by atoms with Gasteiger partial charge in [-0.3, -0.25) is 19.6 Å². The molecule has 0 bridgehead atoms. The molecule has 0 unspecified atom stereocenters. The summed E-state index contributed by atoms with van der Waals surface area (Å²) in [6, 6.07) is 21.2. The van der Waals surface area contributed by atoms with E-state index >= 15 is 0 Å². The molecule has 3 atom stereocenters. The van der Waals surface area contributed by atoms with Crippen molar-refractivity contribution in [3.05, 3.63) is 107 Å². The van der Waals surface area contributed by atoms with Gasteiger partial charge in [-0.15, -0.1) is 0 Å². The van der Waals surface area contributed by atoms with E-state index in [0.29, 0.717) is 35.5 Å². The number of nitrogens with zero attached hydrogens (tertiary/aromatic N) is 2. The number of pyridine rings is 1. The normalized spacial score (nSPS) is 22.1. The van der Waals surface area contributed by atoms with Crippen LogP contribution in [0.3, 0.4) is 0 Å². The highest BCUT2D eigenvalue weighted by Gasteiger charge is 2.46. The van der Waals surface area contributed by atoms with E-state index in [1.807, 2.05) is 42.5 Å². The van der Waals surface area contributed by atoms with E-state index in [0.717, 1.165) is 11.3 Å². The zero-order chi connectivity index (χ0) is 23.7. The van der Waals surface area contributed by atoms with E-state index in [9.17, 15) is 14.0 Å². The molecule has 5 rings (SSSR count). The molecule has 3 aromatic rings. The van der Waals surface area contributed by atoms with Crippen LogP contribution in [0.1, 0.15) is 42.9 Å². The number of allylic oxidation sites excluding steroid dienone is 1. The number of carbonyl (C=O) groups is 2. The van der Waals surface area contributed by atoms with Gasteiger partial charge in [0.2, 0.25) is 0 Å². The second-order valence-electron chi connectivity index (χ2n) is 8.76. The number of nitrogens with one attached hydrogen (secondary N) is 1. The topological polar surface area (TPSA) is 71.4 Å². The molecule has 0 spiro atoms. The van der Waals surface area contributed by atoms with Gasteiger partial charge in [-0.05, 0) is 55.2 Å². The van der Waals surface area contributed by atoms with Crippen LogP contribution in [0.4, 0.5) is 10.1 Å². The number of rotatable bonds is 4. The first kappa shape index (κ1) is 21.9. The van der Waals surface area contributed by atoms with Crippen LogP contribution in [-0.4, -0.2) is 22.4 Å². The molecular formula is C28H24FN3O2. The monoisotopic (exact) mass is 453 g/mol. The molecule has 1 fully saturated rings. The van der Waals surface area contributed by atoms with Crippen molar-refractivity contribution in [2.75, 3.05) is 5.32 Å². The minimum absolute atomic E-state index is 0.0538. The Labute approximate surface area is 197 Å². The zero-order valence-electron chi connectivity index (χ0n) is 18.7. The summed E-state index contributed by atoms with van der Waals surface area (Å²) in [6.07, 6.45) is 2.70. The van der Waals surface area contributed by atoms with E-state index in [1.165, 1.54) is 18.2 Å². The lowest BCUT2D eigenvalue weighted by Gasteiger charge is -2.38. The van der Waals surface area contributed by atoms with Crippen LogP contribution in [0, 0.1) is 11.7 Å². The lowest BCUT2D eigenvalue weighted by atomic mass is 9.67. The number of aromatic nitrogens is 1. The van der Waals surface area contributed by atoms with Crippen LogP contribution in [0.2, 0.25) is 0 Å². The summed E-state index contributed by atoms with van der Waals surface area (Å²) in [5, 5.41) is 2.78. The average Bonchev–Trinajstić information content (AvgIpc) is 2.84. The summed E-state index contributed by atoms with van der Waals surface area (Å²) >= 11 is 0. The molecule has 2 aliphatic rings. The summed E-state index contributed by atoms with van der Waals surface area (Å²) in [5.41, 5.74) is 3.85. The number of carbonyl (C=O) groups excluding carboxylic acids is 2. The van der Waals surface area contributed by atoms with Crippen LogP contribution in [0.25, 0.3) is 0 Å². The molecule has 1 aliphatic carbocycles. The minimum atomic E-state index is -0.550. The highest BCUT2D eigenvalue weighted by atomic mass is 19.1. The van der Waals surface area contributed by atoms with Crippen molar-refractivity contribution in [3.63, 3.8) is 0 Å². The molecule has 0 radical (unpaired) electrons. The SMILES string of the molecule is CC1=C(C(=O)Nc2cccc(F)c2)[C@@H](c2ccccn2)[C@H]2C(=O)C[C@H](c3ccccc3)CC2=N1. The first-order chi connectivity index (χ1) is 16.5. The second kappa shape index (κ2) is 9.14. The van der Waals surface area contributed by atoms with Gasteiger partial charge in [-0.1, -0.05) is 42.5 Å². The number of Topliss-reactive ketones (excluding diaryl/α,β-unsaturated/α-hetero) is 1. The van der Waals surface area contributed by atoms with E-state index in [-0.39, 0.29) is 11.7 Å². The maximum absolute atomic E-state index is 13.7. The van der Waals surface area contributed by atoms with Gasteiger partial charge in [0.25, 0.3) is 5.91 Å². The Balaban J connectivity index is 1.56. The third-order valence-corrected chi connectivity index (χ3v) is 6.56. The molecule has 1 aliphatic heterocycles. The van der Waals surface area contributed by atoms with Gasteiger partial charge in [0.05, 0.1) is 5.92 Å². The number of hydrogen-bond donors (Lipinski definition) is 1. The summed E-state index contributed by atoms with van der Waals surface area (Å²) in [6.45, 7) is 1.79. The third-order valence-electron chi connectivity index (χ3n) is 6.56. The lowest BCUT2D eigenvalue weighted by molar-refractivity contribution is -0.122. The lowest BCUT2D eigenvalue weighted by Crippen LogP contribution is -2.42. The molecule has 34 heavy (non-hydrogen) atoms. The first-order valence-corrected chi connectivity index (χ1v) is 11.3. The van der Waals surface area contributed by atoms with E-state index < -0.39 is 23.6 Å². The molecular weight excluding hydrogens is 429 g/mol. The van der Waals surface area contributed by atoms with Crippen molar-refractivity contribution in [3.8, 4) is 0 Å². The maximum atomic E-state index is 13.7. The number of anilines is 1. The first-order valence-electron chi connectivity index (χ1n) is 11.3. The second-order valence-corrected chi connectivity index (χ2v) is 8.76. The molecule has 0 saturated heterocycles. The number of halogens is 1. The van der Waals surface area contributed by atoms with Crippen molar-refractivity contribution in [1.29, 1.82) is 0 Å². The van der Waals surface area contributed by atoms with Crippen molar-refractivity contribution in [2.24, 2.45) is 10.9 Å². The minimum Gasteiger partial charge on any atom is -0.322 e. The number of hydrogen-bond acceptors (Lipinski definition) is 4. The van der Waals surface area contributed by atoms with Crippen molar-refractivity contribution in [1.82, 2.24) is 4.98 Å². The van der Waals surface area contributed by atoms with Crippen LogP contribution in [-0.2, 0) is 9.59 Å². The summed E-state index contributed by atoms with van der Waals surface area (Å²) in [4.78, 5) is 36.3. The molecule has 5 nitrogen and oxygen atoms in total. The van der Waals surface area contributed by atoms with E-state index in [2.05, 4.69) is 10.3 Å². The number of benzene rings is 2. The molecule has 1 aromatic heterocycles. The van der Waals surface area contributed by atoms with Crippen LogP contribution < -0.4 is 5.32 Å². The number of amides is 1. The summed E-state index contributed by atoms with van der Waals surface area (Å²) in [7, 11) is 0. The van der Waals surface area contributed by atoms with Crippen molar-refractivity contribution >= 4 is 23.1 Å². The quantitative estimate of drug-likeness (QED) is 0.572. The van der Waals surface area contributed by atoms with Gasteiger partial charge >= 0.3 is 0 Å². The fraction of sp³-hybridized carbons (Fsp3) is 0.214. The highest BCUT2D eigenvalue weighted by molar-refractivity contribution is 6.14. The Kier molecular flexibility index (Phi) is 5.88. The molecule has 1 N–H and O–H groups in total. The van der Waals surface area contributed by atoms with Gasteiger partial charge in [-0.2, -0.15) is 0 Å². The third kappa shape index (κ3) is 4.19. The van der Waals surface area contributed by atoms with Gasteiger partial charge in [0.15, 0.2) is 0 Å². The fourth-order valence-corrected chi connectivity index (χ4v) is 5.08. The molecule has 2 heterocycles. The summed E-state index contributed by atoms with van der Waals surface area (Å²) in [5.74, 6) is -1.83. The molecule has 2 aromatic carbocycles. The van der Waals surface area contributed by atoms with Gasteiger partial charge in [0, 0.05) is 46.9 Å². The molecule has 1 saturated carbocycles. The van der Waals surface area contributed by atoms with Gasteiger partial charge < -0.3 is 5.32 Å². The Hall–Kier alpha value is -3.93. The van der Waals surface area contributed by atoms with Crippen LogP contribution >= 0.6 is 0 Å². The number of fused-ring (bicyclic) bond motifs is 1. The molecule has 170 valence electrons. The Bertz CT molecular complexity index is 1300. The highest BCUT2D eigenvalue weighted by Crippen LogP contribution is 2.45.